The molecule has 2 aromatic carbocycles. The van der Waals surface area contributed by atoms with Gasteiger partial charge in [-0.05, 0) is 56.2 Å². The average Bonchev–Trinajstić information content (AvgIpc) is 3.26. The summed E-state index contributed by atoms with van der Waals surface area (Å²) in [5, 5.41) is 0. The summed E-state index contributed by atoms with van der Waals surface area (Å²) >= 11 is 0. The smallest absolute Gasteiger partial charge is 0.409 e. The van der Waals surface area contributed by atoms with Gasteiger partial charge in [-0.3, -0.25) is 9.78 Å². The molecule has 2 aromatic heterocycles. The van der Waals surface area contributed by atoms with Crippen molar-refractivity contribution < 1.29 is 19.1 Å². The van der Waals surface area contributed by atoms with Crippen LogP contribution in [-0.2, 0) is 11.8 Å². The van der Waals surface area contributed by atoms with Gasteiger partial charge in [-0.1, -0.05) is 12.1 Å². The Morgan fingerprint density at radius 1 is 1.00 bits per heavy atom. The Morgan fingerprint density at radius 2 is 1.72 bits per heavy atom. The predicted octanol–water partition coefficient (Wildman–Crippen LogP) is 4.72. The predicted molar refractivity (Wildman–Crippen MR) is 133 cm³/mol. The van der Waals surface area contributed by atoms with Crippen LogP contribution in [0.1, 0.15) is 47.6 Å². The summed E-state index contributed by atoms with van der Waals surface area (Å²) in [5.74, 6) is 1.34. The first-order valence-corrected chi connectivity index (χ1v) is 12.0. The zero-order valence-electron chi connectivity index (χ0n) is 20.3. The lowest BCUT2D eigenvalue weighted by Crippen LogP contribution is -2.38. The fourth-order valence-corrected chi connectivity index (χ4v) is 4.51. The number of likely N-dealkylation sites (tertiary alicyclic amines) is 1. The highest BCUT2D eigenvalue weighted by molar-refractivity contribution is 6.08. The van der Waals surface area contributed by atoms with Crippen molar-refractivity contribution in [1.29, 1.82) is 0 Å². The van der Waals surface area contributed by atoms with Crippen LogP contribution >= 0.6 is 0 Å². The molecule has 0 N–H and O–H groups in total. The lowest BCUT2D eigenvalue weighted by atomic mass is 9.93. The Labute approximate surface area is 208 Å². The Kier molecular flexibility index (Phi) is 6.62. The van der Waals surface area contributed by atoms with Crippen molar-refractivity contribution in [3.63, 3.8) is 0 Å². The lowest BCUT2D eigenvalue weighted by molar-refractivity contribution is 0.0966. The number of carbonyl (C=O) groups excluding carboxylic acids is 2. The van der Waals surface area contributed by atoms with Crippen LogP contribution in [0.3, 0.4) is 0 Å². The topological polar surface area (TPSA) is 99.4 Å². The molecule has 1 saturated heterocycles. The van der Waals surface area contributed by atoms with E-state index >= 15 is 0 Å². The molecule has 1 amide bonds. The highest BCUT2D eigenvalue weighted by Crippen LogP contribution is 2.33. The van der Waals surface area contributed by atoms with E-state index in [2.05, 4.69) is 15.0 Å². The molecule has 0 unspecified atom stereocenters. The number of aromatic nitrogens is 4. The summed E-state index contributed by atoms with van der Waals surface area (Å²) in [5.41, 5.74) is 2.97. The largest absolute Gasteiger partial charge is 0.450 e. The van der Waals surface area contributed by atoms with Gasteiger partial charge in [-0.15, -0.1) is 0 Å². The van der Waals surface area contributed by atoms with E-state index in [0.29, 0.717) is 42.7 Å². The van der Waals surface area contributed by atoms with Gasteiger partial charge in [0.2, 0.25) is 11.7 Å². The van der Waals surface area contributed by atoms with Gasteiger partial charge in [0, 0.05) is 44.0 Å². The monoisotopic (exact) mass is 485 g/mol. The standard InChI is InChI=1S/C27H27N5O4/c1-3-35-27(34)32-16-12-18(13-17-32)23-26(29-15-14-28-23)36-20-10-8-19(9-11-20)24(33)25-30-21-6-4-5-7-22(21)31(25)2/h4-11,14-15,18H,3,12-13,16-17H2,1-2H3. The molecule has 0 radical (unpaired) electrons. The Hall–Kier alpha value is -4.27. The van der Waals surface area contributed by atoms with Crippen LogP contribution in [0.2, 0.25) is 0 Å². The number of piperidine rings is 1. The maximum absolute atomic E-state index is 13.1. The number of imidazole rings is 1. The molecule has 36 heavy (non-hydrogen) atoms. The average molecular weight is 486 g/mol. The number of benzene rings is 2. The molecule has 5 rings (SSSR count). The minimum Gasteiger partial charge on any atom is -0.450 e. The van der Waals surface area contributed by atoms with Crippen LogP contribution in [0.5, 0.6) is 11.6 Å². The molecule has 0 bridgehead atoms. The number of hydrogen-bond acceptors (Lipinski definition) is 7. The third-order valence-corrected chi connectivity index (χ3v) is 6.42. The van der Waals surface area contributed by atoms with Crippen LogP contribution in [0, 0.1) is 0 Å². The number of rotatable bonds is 6. The van der Waals surface area contributed by atoms with E-state index in [1.807, 2.05) is 31.3 Å². The molecule has 0 aliphatic carbocycles. The van der Waals surface area contributed by atoms with E-state index in [-0.39, 0.29) is 17.8 Å². The molecule has 0 spiro atoms. The normalized spacial score (nSPS) is 14.1. The van der Waals surface area contributed by atoms with E-state index in [1.165, 1.54) is 0 Å². The van der Waals surface area contributed by atoms with E-state index in [0.717, 1.165) is 29.6 Å². The van der Waals surface area contributed by atoms with Crippen molar-refractivity contribution in [1.82, 2.24) is 24.4 Å². The number of para-hydroxylation sites is 2. The van der Waals surface area contributed by atoms with Gasteiger partial charge in [0.25, 0.3) is 0 Å². The van der Waals surface area contributed by atoms with Crippen LogP contribution in [0.15, 0.2) is 60.9 Å². The molecular weight excluding hydrogens is 458 g/mol. The second kappa shape index (κ2) is 10.2. The van der Waals surface area contributed by atoms with Gasteiger partial charge in [0.05, 0.1) is 17.6 Å². The third-order valence-electron chi connectivity index (χ3n) is 6.42. The molecule has 9 nitrogen and oxygen atoms in total. The van der Waals surface area contributed by atoms with Crippen LogP contribution < -0.4 is 4.74 Å². The highest BCUT2D eigenvalue weighted by Gasteiger charge is 2.28. The Balaban J connectivity index is 1.29. The molecule has 3 heterocycles. The van der Waals surface area contributed by atoms with E-state index in [9.17, 15) is 9.59 Å². The molecule has 1 aliphatic heterocycles. The van der Waals surface area contributed by atoms with Gasteiger partial charge >= 0.3 is 6.09 Å². The lowest BCUT2D eigenvalue weighted by Gasteiger charge is -2.31. The summed E-state index contributed by atoms with van der Waals surface area (Å²) in [6.45, 7) is 3.36. The minimum absolute atomic E-state index is 0.123. The maximum Gasteiger partial charge on any atom is 0.409 e. The van der Waals surface area contributed by atoms with Crippen molar-refractivity contribution in [2.75, 3.05) is 19.7 Å². The van der Waals surface area contributed by atoms with Crippen LogP contribution in [0.4, 0.5) is 4.79 Å². The van der Waals surface area contributed by atoms with E-state index < -0.39 is 0 Å². The first-order chi connectivity index (χ1) is 17.5. The molecule has 1 aliphatic rings. The second-order valence-corrected chi connectivity index (χ2v) is 8.65. The molecular formula is C27H27N5O4. The summed E-state index contributed by atoms with van der Waals surface area (Å²) in [6, 6.07) is 14.6. The number of hydrogen-bond donors (Lipinski definition) is 0. The van der Waals surface area contributed by atoms with Crippen molar-refractivity contribution in [2.45, 2.75) is 25.7 Å². The first kappa shape index (κ1) is 23.5. The molecule has 9 heteroatoms. The first-order valence-electron chi connectivity index (χ1n) is 12.0. The molecule has 184 valence electrons. The summed E-state index contributed by atoms with van der Waals surface area (Å²) < 4.78 is 13.0. The number of amides is 1. The highest BCUT2D eigenvalue weighted by atomic mass is 16.6. The van der Waals surface area contributed by atoms with Crippen LogP contribution in [-0.4, -0.2) is 56.0 Å². The quantitative estimate of drug-likeness (QED) is 0.364. The number of ether oxygens (including phenoxy) is 2. The van der Waals surface area contributed by atoms with E-state index in [1.54, 1.807) is 53.0 Å². The fourth-order valence-electron chi connectivity index (χ4n) is 4.51. The van der Waals surface area contributed by atoms with Crippen molar-refractivity contribution in [2.24, 2.45) is 7.05 Å². The molecule has 1 fully saturated rings. The Morgan fingerprint density at radius 3 is 2.44 bits per heavy atom. The maximum atomic E-state index is 13.1. The number of nitrogens with zero attached hydrogens (tertiary/aromatic N) is 5. The number of ketones is 1. The van der Waals surface area contributed by atoms with Gasteiger partial charge in [-0.25, -0.2) is 14.8 Å². The number of fused-ring (bicyclic) bond motifs is 1. The van der Waals surface area contributed by atoms with Crippen molar-refractivity contribution in [3.8, 4) is 11.6 Å². The van der Waals surface area contributed by atoms with Gasteiger partial charge < -0.3 is 18.9 Å². The molecule has 0 saturated carbocycles. The second-order valence-electron chi connectivity index (χ2n) is 8.65. The summed E-state index contributed by atoms with van der Waals surface area (Å²) in [4.78, 5) is 40.3. The Bertz CT molecular complexity index is 1390. The summed E-state index contributed by atoms with van der Waals surface area (Å²) in [6.07, 6.45) is 4.47. The SMILES string of the molecule is CCOC(=O)N1CCC(c2nccnc2Oc2ccc(C(=O)c3nc4ccccc4n3C)cc2)CC1. The van der Waals surface area contributed by atoms with Gasteiger partial charge in [0.1, 0.15) is 11.4 Å². The number of carbonyl (C=O) groups is 2. The summed E-state index contributed by atoms with van der Waals surface area (Å²) in [7, 11) is 1.84. The van der Waals surface area contributed by atoms with Crippen LogP contribution in [0.25, 0.3) is 11.0 Å². The van der Waals surface area contributed by atoms with E-state index in [4.69, 9.17) is 9.47 Å². The fraction of sp³-hybridized carbons (Fsp3) is 0.296. The van der Waals surface area contributed by atoms with Gasteiger partial charge in [-0.2, -0.15) is 0 Å². The van der Waals surface area contributed by atoms with Crippen molar-refractivity contribution >= 4 is 22.9 Å². The van der Waals surface area contributed by atoms with Crippen molar-refractivity contribution in [3.05, 3.63) is 78.0 Å². The zero-order valence-corrected chi connectivity index (χ0v) is 20.3. The minimum atomic E-state index is -0.278. The third kappa shape index (κ3) is 4.64. The molecule has 0 atom stereocenters. The molecule has 4 aromatic rings. The number of aryl methyl sites for hydroxylation is 1. The zero-order chi connectivity index (χ0) is 25.1. The van der Waals surface area contributed by atoms with Gasteiger partial charge in [0.15, 0.2) is 5.82 Å².